The zero-order chi connectivity index (χ0) is 20.3. The fourth-order valence-electron chi connectivity index (χ4n) is 2.60. The molecule has 2 amide bonds. The predicted molar refractivity (Wildman–Crippen MR) is 113 cm³/mol. The second-order valence-electron chi connectivity index (χ2n) is 6.06. The van der Waals surface area contributed by atoms with Gasteiger partial charge >= 0.3 is 0 Å². The number of thioether (sulfide) groups is 1. The number of benzene rings is 2. The summed E-state index contributed by atoms with van der Waals surface area (Å²) in [4.78, 5) is 25.9. The van der Waals surface area contributed by atoms with Gasteiger partial charge in [-0.2, -0.15) is 0 Å². The van der Waals surface area contributed by atoms with E-state index in [2.05, 4.69) is 15.9 Å². The number of ether oxygens (including phenoxy) is 1. The minimum Gasteiger partial charge on any atom is -0.486 e. The molecule has 3 rings (SSSR count). The third kappa shape index (κ3) is 4.77. The maximum Gasteiger partial charge on any atom is 0.293 e. The molecule has 0 aliphatic carbocycles. The van der Waals surface area contributed by atoms with Gasteiger partial charge in [-0.05, 0) is 75.6 Å². The maximum absolute atomic E-state index is 13.0. The number of hydrogen-bond acceptors (Lipinski definition) is 4. The van der Waals surface area contributed by atoms with E-state index in [-0.39, 0.29) is 23.6 Å². The summed E-state index contributed by atoms with van der Waals surface area (Å²) in [6, 6.07) is 9.43. The Morgan fingerprint density at radius 1 is 1.25 bits per heavy atom. The Morgan fingerprint density at radius 3 is 2.61 bits per heavy atom. The average molecular weight is 485 g/mol. The van der Waals surface area contributed by atoms with Crippen LogP contribution in [0.5, 0.6) is 5.75 Å². The van der Waals surface area contributed by atoms with E-state index in [4.69, 9.17) is 16.3 Å². The maximum atomic E-state index is 13.0. The number of imide groups is 1. The lowest BCUT2D eigenvalue weighted by Gasteiger charge is -2.12. The SMILES string of the molecule is CCCN1C(=O)S/C(=C/c2cc(Cl)c(OCc3ccc(F)cc3)c(Br)c2)C1=O. The van der Waals surface area contributed by atoms with Crippen LogP contribution < -0.4 is 4.74 Å². The van der Waals surface area contributed by atoms with Crippen molar-refractivity contribution in [2.24, 2.45) is 0 Å². The molecule has 4 nitrogen and oxygen atoms in total. The van der Waals surface area contributed by atoms with Crippen molar-refractivity contribution in [1.82, 2.24) is 4.90 Å². The van der Waals surface area contributed by atoms with Gasteiger partial charge in [0.1, 0.15) is 12.4 Å². The molecule has 0 saturated carbocycles. The minimum absolute atomic E-state index is 0.230. The van der Waals surface area contributed by atoms with Crippen molar-refractivity contribution < 1.29 is 18.7 Å². The van der Waals surface area contributed by atoms with E-state index in [1.54, 1.807) is 30.3 Å². The van der Waals surface area contributed by atoms with Crippen LogP contribution in [0.15, 0.2) is 45.8 Å². The molecule has 0 aromatic heterocycles. The highest BCUT2D eigenvalue weighted by molar-refractivity contribution is 9.10. The molecule has 2 aromatic carbocycles. The van der Waals surface area contributed by atoms with Gasteiger partial charge in [-0.15, -0.1) is 0 Å². The van der Waals surface area contributed by atoms with E-state index < -0.39 is 0 Å². The minimum atomic E-state index is -0.310. The summed E-state index contributed by atoms with van der Waals surface area (Å²) in [5.74, 6) is -0.154. The lowest BCUT2D eigenvalue weighted by molar-refractivity contribution is -0.122. The highest BCUT2D eigenvalue weighted by Gasteiger charge is 2.34. The number of carbonyl (C=O) groups is 2. The highest BCUT2D eigenvalue weighted by atomic mass is 79.9. The third-order valence-electron chi connectivity index (χ3n) is 3.94. The summed E-state index contributed by atoms with van der Waals surface area (Å²) in [7, 11) is 0. The molecule has 0 radical (unpaired) electrons. The van der Waals surface area contributed by atoms with Gasteiger partial charge in [0.15, 0.2) is 5.75 Å². The topological polar surface area (TPSA) is 46.6 Å². The Bertz CT molecular complexity index is 926. The Morgan fingerprint density at radius 2 is 1.96 bits per heavy atom. The first-order valence-corrected chi connectivity index (χ1v) is 10.5. The summed E-state index contributed by atoms with van der Waals surface area (Å²) in [5.41, 5.74) is 1.48. The van der Waals surface area contributed by atoms with Crippen molar-refractivity contribution in [1.29, 1.82) is 0 Å². The van der Waals surface area contributed by atoms with Crippen LogP contribution in [0.4, 0.5) is 9.18 Å². The van der Waals surface area contributed by atoms with E-state index in [1.165, 1.54) is 17.0 Å². The van der Waals surface area contributed by atoms with Crippen molar-refractivity contribution in [2.45, 2.75) is 20.0 Å². The average Bonchev–Trinajstić information content (AvgIpc) is 2.90. The highest BCUT2D eigenvalue weighted by Crippen LogP contribution is 2.38. The Hall–Kier alpha value is -1.83. The first-order chi connectivity index (χ1) is 13.4. The largest absolute Gasteiger partial charge is 0.486 e. The molecule has 0 atom stereocenters. The molecule has 1 fully saturated rings. The van der Waals surface area contributed by atoms with Gasteiger partial charge in [-0.3, -0.25) is 14.5 Å². The zero-order valence-corrected chi connectivity index (χ0v) is 18.0. The van der Waals surface area contributed by atoms with Crippen molar-refractivity contribution in [2.75, 3.05) is 6.54 Å². The monoisotopic (exact) mass is 483 g/mol. The summed E-state index contributed by atoms with van der Waals surface area (Å²) < 4.78 is 19.3. The standard InChI is InChI=1S/C20H16BrClFNO3S/c1-2-7-24-19(25)17(28-20(24)26)10-13-8-15(21)18(16(22)9-13)27-11-12-3-5-14(23)6-4-12/h3-6,8-10H,2,7,11H2,1H3/b17-10+. The van der Waals surface area contributed by atoms with Crippen LogP contribution in [-0.2, 0) is 11.4 Å². The lowest BCUT2D eigenvalue weighted by atomic mass is 10.2. The van der Waals surface area contributed by atoms with Crippen molar-refractivity contribution in [3.63, 3.8) is 0 Å². The fourth-order valence-corrected chi connectivity index (χ4v) is 4.46. The molecule has 0 spiro atoms. The molecule has 1 aliphatic heterocycles. The lowest BCUT2D eigenvalue weighted by Crippen LogP contribution is -2.28. The molecule has 1 heterocycles. The number of amides is 2. The summed E-state index contributed by atoms with van der Waals surface area (Å²) in [6.45, 7) is 2.55. The number of carbonyl (C=O) groups excluding carboxylic acids is 2. The van der Waals surface area contributed by atoms with Crippen molar-refractivity contribution in [3.8, 4) is 5.75 Å². The van der Waals surface area contributed by atoms with Crippen LogP contribution >= 0.6 is 39.3 Å². The molecule has 0 N–H and O–H groups in total. The van der Waals surface area contributed by atoms with E-state index in [0.29, 0.717) is 38.7 Å². The van der Waals surface area contributed by atoms with Crippen LogP contribution in [0.25, 0.3) is 6.08 Å². The van der Waals surface area contributed by atoms with Crippen molar-refractivity contribution >= 4 is 56.5 Å². The molecule has 1 aliphatic rings. The van der Waals surface area contributed by atoms with Crippen molar-refractivity contribution in [3.05, 3.63) is 67.7 Å². The quantitative estimate of drug-likeness (QED) is 0.454. The van der Waals surface area contributed by atoms with Gasteiger partial charge in [-0.25, -0.2) is 4.39 Å². The Labute approximate surface area is 179 Å². The molecule has 28 heavy (non-hydrogen) atoms. The van der Waals surface area contributed by atoms with E-state index in [9.17, 15) is 14.0 Å². The smallest absolute Gasteiger partial charge is 0.293 e. The second-order valence-corrected chi connectivity index (χ2v) is 8.32. The molecule has 146 valence electrons. The van der Waals surface area contributed by atoms with Crippen LogP contribution in [0.3, 0.4) is 0 Å². The van der Waals surface area contributed by atoms with E-state index in [0.717, 1.165) is 17.3 Å². The summed E-state index contributed by atoms with van der Waals surface area (Å²) >= 11 is 10.7. The Kier molecular flexibility index (Phi) is 6.80. The number of nitrogens with zero attached hydrogens (tertiary/aromatic N) is 1. The normalized spacial score (nSPS) is 15.6. The van der Waals surface area contributed by atoms with Crippen LogP contribution in [-0.4, -0.2) is 22.6 Å². The van der Waals surface area contributed by atoms with Gasteiger partial charge in [-0.1, -0.05) is 30.7 Å². The van der Waals surface area contributed by atoms with Gasteiger partial charge in [0, 0.05) is 6.54 Å². The number of rotatable bonds is 6. The van der Waals surface area contributed by atoms with Crippen LogP contribution in [0.1, 0.15) is 24.5 Å². The van der Waals surface area contributed by atoms with E-state index in [1.807, 2.05) is 6.92 Å². The molecule has 1 saturated heterocycles. The number of hydrogen-bond donors (Lipinski definition) is 0. The van der Waals surface area contributed by atoms with Gasteiger partial charge < -0.3 is 4.74 Å². The predicted octanol–water partition coefficient (Wildman–Crippen LogP) is 6.27. The molecule has 2 aromatic rings. The second kappa shape index (κ2) is 9.11. The zero-order valence-electron chi connectivity index (χ0n) is 14.9. The summed E-state index contributed by atoms with van der Waals surface area (Å²) in [5, 5.41) is 0.0954. The molecular formula is C20H16BrClFNO3S. The third-order valence-corrected chi connectivity index (χ3v) is 5.71. The molecule has 0 bridgehead atoms. The fraction of sp³-hybridized carbons (Fsp3) is 0.200. The molecular weight excluding hydrogens is 469 g/mol. The van der Waals surface area contributed by atoms with Gasteiger partial charge in [0.2, 0.25) is 0 Å². The Balaban J connectivity index is 1.77. The first-order valence-electron chi connectivity index (χ1n) is 8.50. The molecule has 8 heteroatoms. The first kappa shape index (κ1) is 20.9. The molecule has 0 unspecified atom stereocenters. The van der Waals surface area contributed by atoms with E-state index >= 15 is 0 Å². The summed E-state index contributed by atoms with van der Waals surface area (Å²) in [6.07, 6.45) is 2.35. The number of halogens is 3. The van der Waals surface area contributed by atoms with Crippen LogP contribution in [0.2, 0.25) is 5.02 Å². The van der Waals surface area contributed by atoms with Gasteiger partial charge in [0.05, 0.1) is 14.4 Å². The van der Waals surface area contributed by atoms with Gasteiger partial charge in [0.25, 0.3) is 11.1 Å². The van der Waals surface area contributed by atoms with Crippen LogP contribution in [0, 0.1) is 5.82 Å².